The Labute approximate surface area is 101 Å². The van der Waals surface area contributed by atoms with E-state index in [9.17, 15) is 0 Å². The molecule has 2 rings (SSSR count). The fourth-order valence-electron chi connectivity index (χ4n) is 1.68. The number of nitrogens with zero attached hydrogens (tertiary/aromatic N) is 1. The summed E-state index contributed by atoms with van der Waals surface area (Å²) < 4.78 is 10.5. The molecule has 2 heterocycles. The minimum Gasteiger partial charge on any atom is -0.493 e. The summed E-state index contributed by atoms with van der Waals surface area (Å²) in [5.74, 6) is 2.47. The second kappa shape index (κ2) is 5.39. The lowest BCUT2D eigenvalue weighted by molar-refractivity contribution is 0.414. The van der Waals surface area contributed by atoms with Crippen LogP contribution in [0.1, 0.15) is 12.7 Å². The molecule has 1 atom stereocenters. The molecule has 4 heteroatoms. The van der Waals surface area contributed by atoms with Crippen LogP contribution < -0.4 is 10.1 Å². The number of methoxy groups -OCH3 is 1. The minimum absolute atomic E-state index is 0.227. The van der Waals surface area contributed by atoms with Gasteiger partial charge in [0.15, 0.2) is 11.6 Å². The standard InChI is InChI=1S/C13H16N2O2/c1-10(9-11-5-4-8-17-11)15-13-12(16-2)6-3-7-14-13/h3-8,10H,9H2,1-2H3,(H,14,15). The van der Waals surface area contributed by atoms with Crippen molar-refractivity contribution in [1.29, 1.82) is 0 Å². The molecular formula is C13H16N2O2. The Kier molecular flexibility index (Phi) is 3.65. The Morgan fingerprint density at radius 2 is 2.29 bits per heavy atom. The monoisotopic (exact) mass is 232 g/mol. The zero-order chi connectivity index (χ0) is 12.1. The quantitative estimate of drug-likeness (QED) is 0.861. The van der Waals surface area contributed by atoms with Gasteiger partial charge in [-0.3, -0.25) is 0 Å². The van der Waals surface area contributed by atoms with Crippen molar-refractivity contribution in [3.63, 3.8) is 0 Å². The van der Waals surface area contributed by atoms with Crippen LogP contribution >= 0.6 is 0 Å². The number of aromatic nitrogens is 1. The predicted octanol–water partition coefficient (Wildman–Crippen LogP) is 2.73. The average Bonchev–Trinajstić information content (AvgIpc) is 2.82. The van der Waals surface area contributed by atoms with Gasteiger partial charge < -0.3 is 14.5 Å². The summed E-state index contributed by atoms with van der Waals surface area (Å²) in [6.07, 6.45) is 4.24. The molecule has 0 bridgehead atoms. The zero-order valence-electron chi connectivity index (χ0n) is 10.0. The van der Waals surface area contributed by atoms with E-state index in [2.05, 4.69) is 17.2 Å². The van der Waals surface area contributed by atoms with Gasteiger partial charge in [-0.1, -0.05) is 0 Å². The molecule has 4 nitrogen and oxygen atoms in total. The van der Waals surface area contributed by atoms with Crippen LogP contribution in [0.4, 0.5) is 5.82 Å². The summed E-state index contributed by atoms with van der Waals surface area (Å²) in [4.78, 5) is 4.25. The first-order valence-electron chi connectivity index (χ1n) is 5.57. The molecule has 17 heavy (non-hydrogen) atoms. The van der Waals surface area contributed by atoms with Gasteiger partial charge in [-0.2, -0.15) is 0 Å². The Morgan fingerprint density at radius 1 is 1.41 bits per heavy atom. The molecule has 2 aromatic heterocycles. The summed E-state index contributed by atoms with van der Waals surface area (Å²) in [6, 6.07) is 7.82. The van der Waals surface area contributed by atoms with Crippen LogP contribution in [0.5, 0.6) is 5.75 Å². The Bertz CT molecular complexity index is 454. The lowest BCUT2D eigenvalue weighted by Gasteiger charge is -2.15. The van der Waals surface area contributed by atoms with E-state index in [0.29, 0.717) is 0 Å². The molecule has 0 saturated heterocycles. The first kappa shape index (κ1) is 11.5. The van der Waals surface area contributed by atoms with Crippen LogP contribution in [0.3, 0.4) is 0 Å². The largest absolute Gasteiger partial charge is 0.493 e. The van der Waals surface area contributed by atoms with Gasteiger partial charge in [0.25, 0.3) is 0 Å². The third-order valence-electron chi connectivity index (χ3n) is 2.46. The lowest BCUT2D eigenvalue weighted by Crippen LogP contribution is -2.19. The van der Waals surface area contributed by atoms with Gasteiger partial charge in [-0.05, 0) is 31.2 Å². The van der Waals surface area contributed by atoms with E-state index in [1.165, 1.54) is 0 Å². The second-order valence-electron chi connectivity index (χ2n) is 3.88. The number of pyridine rings is 1. The fourth-order valence-corrected chi connectivity index (χ4v) is 1.68. The highest BCUT2D eigenvalue weighted by Crippen LogP contribution is 2.21. The lowest BCUT2D eigenvalue weighted by atomic mass is 10.2. The summed E-state index contributed by atoms with van der Waals surface area (Å²) >= 11 is 0. The summed E-state index contributed by atoms with van der Waals surface area (Å²) in [6.45, 7) is 2.08. The van der Waals surface area contributed by atoms with Crippen molar-refractivity contribution < 1.29 is 9.15 Å². The minimum atomic E-state index is 0.227. The van der Waals surface area contributed by atoms with E-state index in [1.807, 2.05) is 24.3 Å². The number of hydrogen-bond donors (Lipinski definition) is 1. The van der Waals surface area contributed by atoms with E-state index < -0.39 is 0 Å². The summed E-state index contributed by atoms with van der Waals surface area (Å²) in [5.41, 5.74) is 0. The number of hydrogen-bond acceptors (Lipinski definition) is 4. The Hall–Kier alpha value is -1.97. The Morgan fingerprint density at radius 3 is 3.00 bits per heavy atom. The van der Waals surface area contributed by atoms with Crippen LogP contribution in [-0.2, 0) is 6.42 Å². The van der Waals surface area contributed by atoms with E-state index in [-0.39, 0.29) is 6.04 Å². The molecule has 0 aromatic carbocycles. The van der Waals surface area contributed by atoms with Crippen LogP contribution in [0.15, 0.2) is 41.1 Å². The SMILES string of the molecule is COc1cccnc1NC(C)Cc1ccco1. The molecule has 1 N–H and O–H groups in total. The molecule has 1 unspecified atom stereocenters. The van der Waals surface area contributed by atoms with E-state index >= 15 is 0 Å². The topological polar surface area (TPSA) is 47.3 Å². The van der Waals surface area contributed by atoms with Crippen LogP contribution in [0.2, 0.25) is 0 Å². The molecule has 0 saturated carbocycles. The second-order valence-corrected chi connectivity index (χ2v) is 3.88. The van der Waals surface area contributed by atoms with Crippen molar-refractivity contribution in [3.8, 4) is 5.75 Å². The third kappa shape index (κ3) is 3.00. The smallest absolute Gasteiger partial charge is 0.168 e. The molecule has 0 aliphatic carbocycles. The van der Waals surface area contributed by atoms with E-state index in [4.69, 9.17) is 9.15 Å². The van der Waals surface area contributed by atoms with Crippen LogP contribution in [0, 0.1) is 0 Å². The Balaban J connectivity index is 2.00. The number of nitrogens with one attached hydrogen (secondary N) is 1. The first-order valence-corrected chi connectivity index (χ1v) is 5.57. The summed E-state index contributed by atoms with van der Waals surface area (Å²) in [5, 5.41) is 3.30. The van der Waals surface area contributed by atoms with Crippen molar-refractivity contribution in [1.82, 2.24) is 4.98 Å². The number of furan rings is 1. The molecule has 2 aromatic rings. The molecule has 0 fully saturated rings. The molecule has 0 aliphatic heterocycles. The fraction of sp³-hybridized carbons (Fsp3) is 0.308. The maximum absolute atomic E-state index is 5.31. The van der Waals surface area contributed by atoms with Gasteiger partial charge in [0.05, 0.1) is 13.4 Å². The van der Waals surface area contributed by atoms with Crippen molar-refractivity contribution in [2.75, 3.05) is 12.4 Å². The number of anilines is 1. The van der Waals surface area contributed by atoms with Gasteiger partial charge in [0.1, 0.15) is 5.76 Å². The molecule has 0 radical (unpaired) electrons. The molecule has 90 valence electrons. The molecular weight excluding hydrogens is 216 g/mol. The van der Waals surface area contributed by atoms with Crippen molar-refractivity contribution in [2.24, 2.45) is 0 Å². The van der Waals surface area contributed by atoms with Crippen LogP contribution in [0.25, 0.3) is 0 Å². The predicted molar refractivity (Wildman–Crippen MR) is 66.3 cm³/mol. The maximum Gasteiger partial charge on any atom is 0.168 e. The highest BCUT2D eigenvalue weighted by molar-refractivity contribution is 5.50. The zero-order valence-corrected chi connectivity index (χ0v) is 10.0. The number of ether oxygens (including phenoxy) is 1. The average molecular weight is 232 g/mol. The van der Waals surface area contributed by atoms with Crippen molar-refractivity contribution in [2.45, 2.75) is 19.4 Å². The van der Waals surface area contributed by atoms with Gasteiger partial charge in [0, 0.05) is 18.7 Å². The molecule has 0 amide bonds. The summed E-state index contributed by atoms with van der Waals surface area (Å²) in [7, 11) is 1.64. The van der Waals surface area contributed by atoms with Crippen LogP contribution in [-0.4, -0.2) is 18.1 Å². The maximum atomic E-state index is 5.31. The highest BCUT2D eigenvalue weighted by atomic mass is 16.5. The third-order valence-corrected chi connectivity index (χ3v) is 2.46. The van der Waals surface area contributed by atoms with Gasteiger partial charge >= 0.3 is 0 Å². The van der Waals surface area contributed by atoms with Crippen molar-refractivity contribution in [3.05, 3.63) is 42.5 Å². The highest BCUT2D eigenvalue weighted by Gasteiger charge is 2.09. The van der Waals surface area contributed by atoms with Crippen molar-refractivity contribution >= 4 is 5.82 Å². The number of rotatable bonds is 5. The van der Waals surface area contributed by atoms with E-state index in [1.54, 1.807) is 19.6 Å². The normalized spacial score (nSPS) is 12.1. The van der Waals surface area contributed by atoms with Gasteiger partial charge in [0.2, 0.25) is 0 Å². The van der Waals surface area contributed by atoms with E-state index in [0.717, 1.165) is 23.7 Å². The van der Waals surface area contributed by atoms with Gasteiger partial charge in [-0.25, -0.2) is 4.98 Å². The first-order chi connectivity index (χ1) is 8.29. The van der Waals surface area contributed by atoms with Gasteiger partial charge in [-0.15, -0.1) is 0 Å². The molecule has 0 spiro atoms. The molecule has 0 aliphatic rings.